The number of para-hydroxylation sites is 1. The molecule has 3 aromatic heterocycles. The monoisotopic (exact) mass is 1080 g/mol. The first-order chi connectivity index (χ1) is 31.6. The second kappa shape index (κ2) is 17.5. The fraction of sp³-hybridized carbons (Fsp3) is 0.123. The maximum absolute atomic E-state index is 8.49. The molecule has 63 heavy (non-hydrogen) atoms. The molecule has 11 aromatic rings. The molecule has 311 valence electrons. The minimum absolute atomic E-state index is 0. The number of hydrogen-bond acceptors (Lipinski definition) is 3. The number of hydrogen-bond donors (Lipinski definition) is 0. The molecule has 0 atom stereocenters. The van der Waals surface area contributed by atoms with Gasteiger partial charge in [-0.3, -0.25) is 4.98 Å². The molecule has 0 fully saturated rings. The van der Waals surface area contributed by atoms with Gasteiger partial charge in [-0.25, -0.2) is 0 Å². The molecule has 0 N–H and O–H groups in total. The second-order valence-electron chi connectivity index (χ2n) is 17.0. The Labute approximate surface area is 395 Å². The van der Waals surface area contributed by atoms with Crippen molar-refractivity contribution in [2.24, 2.45) is 0 Å². The van der Waals surface area contributed by atoms with Crippen molar-refractivity contribution >= 4 is 81.7 Å². The van der Waals surface area contributed by atoms with Gasteiger partial charge in [-0.05, 0) is 43.9 Å². The Morgan fingerprint density at radius 2 is 1.40 bits per heavy atom. The second-order valence-corrected chi connectivity index (χ2v) is 28.6. The van der Waals surface area contributed by atoms with Crippen LogP contribution in [0.3, 0.4) is 0 Å². The number of aromatic nitrogens is 3. The Balaban J connectivity index is 0.000000194. The van der Waals surface area contributed by atoms with E-state index in [2.05, 4.69) is 178 Å². The molecule has 8 aromatic carbocycles. The van der Waals surface area contributed by atoms with Gasteiger partial charge in [0.1, 0.15) is 0 Å². The van der Waals surface area contributed by atoms with E-state index in [0.29, 0.717) is 0 Å². The first-order valence-electron chi connectivity index (χ1n) is 23.0. The summed E-state index contributed by atoms with van der Waals surface area (Å²) in [5.41, 5.74) is 9.33. The van der Waals surface area contributed by atoms with E-state index in [4.69, 9.17) is 10.5 Å². The van der Waals surface area contributed by atoms with Crippen molar-refractivity contribution in [2.45, 2.75) is 43.9 Å². The minimum atomic E-state index is -2.14. The fourth-order valence-electron chi connectivity index (χ4n) is 8.61. The summed E-state index contributed by atoms with van der Waals surface area (Å²) in [5.74, 6) is 7.09. The van der Waals surface area contributed by atoms with E-state index in [1.54, 1.807) is 12.1 Å². The fourth-order valence-corrected chi connectivity index (χ4v) is 13.3. The van der Waals surface area contributed by atoms with Gasteiger partial charge in [0.25, 0.3) is 0 Å². The molecule has 0 aliphatic heterocycles. The number of aryl methyl sites for hydroxylation is 1. The summed E-state index contributed by atoms with van der Waals surface area (Å²) in [6, 6.07) is 63.1. The Bertz CT molecular complexity index is 3610. The normalized spacial score (nSPS) is 13.0. The first-order valence-corrected chi connectivity index (χ1v) is 29.1. The maximum atomic E-state index is 8.49. The summed E-state index contributed by atoms with van der Waals surface area (Å²) in [4.78, 5) is 9.94. The van der Waals surface area contributed by atoms with E-state index < -0.39 is 26.0 Å². The zero-order valence-electron chi connectivity index (χ0n) is 39.7. The molecule has 0 aliphatic carbocycles. The molecule has 0 saturated carbocycles. The van der Waals surface area contributed by atoms with Crippen LogP contribution in [0.5, 0.6) is 0 Å². The van der Waals surface area contributed by atoms with Crippen LogP contribution in [-0.4, -0.2) is 27.8 Å². The summed E-state index contributed by atoms with van der Waals surface area (Å²) in [5, 5.41) is 7.46. The molecule has 3 heterocycles. The predicted molar refractivity (Wildman–Crippen MR) is 269 cm³/mol. The molecule has 0 amide bonds. The summed E-state index contributed by atoms with van der Waals surface area (Å²) >= 11 is -0.295. The van der Waals surface area contributed by atoms with Gasteiger partial charge in [0.2, 0.25) is 0 Å². The molecule has 11 rings (SSSR count). The molecule has 1 radical (unpaired) electrons. The number of thiophene rings is 1. The third-order valence-electron chi connectivity index (χ3n) is 11.7. The SMILES string of the molecule is [2H]C([2H])([2H])c1c[c-]c(-c2cc(C([2H])(C)C)[c]([Ge]([CH3])([CH3])[CH3])cn2)cc1.[Ir].[c-]1ccc2c(sc3c4ccccc4ccc23)c1-c1nc2ccc3ccccc3c2n1-c1ccccc1-c1ccccc1. The Morgan fingerprint density at radius 1 is 0.698 bits per heavy atom. The Kier molecular flexibility index (Phi) is 10.5. The van der Waals surface area contributed by atoms with E-state index in [-0.39, 0.29) is 25.7 Å². The Hall–Kier alpha value is -5.69. The van der Waals surface area contributed by atoms with Gasteiger partial charge in [-0.2, -0.15) is 11.3 Å². The van der Waals surface area contributed by atoms with Crippen LogP contribution >= 0.6 is 11.3 Å². The zero-order valence-corrected chi connectivity index (χ0v) is 41.1. The number of imidazole rings is 1. The molecule has 0 unspecified atom stereocenters. The van der Waals surface area contributed by atoms with Crippen LogP contribution in [0.4, 0.5) is 0 Å². The van der Waals surface area contributed by atoms with E-state index in [9.17, 15) is 0 Å². The predicted octanol–water partition coefficient (Wildman–Crippen LogP) is 15.4. The maximum Gasteiger partial charge on any atom is 0.0781 e. The molecular weight excluding hydrogens is 1020 g/mol. The third-order valence-corrected chi connectivity index (χ3v) is 17.2. The molecular formula is C57H47GeIrN3S-2. The van der Waals surface area contributed by atoms with Crippen molar-refractivity contribution in [3.05, 3.63) is 193 Å². The van der Waals surface area contributed by atoms with E-state index in [1.165, 1.54) is 63.3 Å². The molecule has 0 bridgehead atoms. The van der Waals surface area contributed by atoms with E-state index in [0.717, 1.165) is 44.9 Å². The number of nitrogens with zero attached hydrogens (tertiary/aromatic N) is 3. The van der Waals surface area contributed by atoms with Gasteiger partial charge in [0, 0.05) is 41.4 Å². The van der Waals surface area contributed by atoms with Gasteiger partial charge in [0.15, 0.2) is 0 Å². The summed E-state index contributed by atoms with van der Waals surface area (Å²) in [7, 11) is 0. The summed E-state index contributed by atoms with van der Waals surface area (Å²) < 4.78 is 36.9. The largest absolute Gasteiger partial charge is 0.332 e. The van der Waals surface area contributed by atoms with Gasteiger partial charge in [0.05, 0.1) is 16.9 Å². The zero-order chi connectivity index (χ0) is 46.0. The standard InChI is InChI=1S/C39H23N2S.C18H24GeN.Ir/c1-2-11-25(12-3-1)28-15-8-9-20-35(28)41-36-29-16-6-4-13-26(29)22-24-34(36)40-39(41)33-19-10-18-31-32-23-21-27-14-5-7-17-30(27)37(32)42-38(31)33;1-13(2)16-11-18(15-9-7-14(3)8-10-15)20-12-17(16)19(4,5)6;/h1-18,20-24H;7-9,11-13H,1-6H3;/q2*-1;/i;3D3,13D;. The number of rotatable bonds is 6. The molecule has 0 saturated heterocycles. The van der Waals surface area contributed by atoms with Crippen molar-refractivity contribution in [3.63, 3.8) is 0 Å². The van der Waals surface area contributed by atoms with Gasteiger partial charge in [-0.1, -0.05) is 126 Å². The van der Waals surface area contributed by atoms with E-state index >= 15 is 0 Å². The number of pyridine rings is 1. The van der Waals surface area contributed by atoms with Crippen LogP contribution in [0.1, 0.15) is 36.4 Å². The molecule has 0 aliphatic rings. The van der Waals surface area contributed by atoms with Crippen LogP contribution in [0.2, 0.25) is 17.3 Å². The van der Waals surface area contributed by atoms with Crippen molar-refractivity contribution < 1.29 is 25.6 Å². The average Bonchev–Trinajstić information content (AvgIpc) is 3.91. The third kappa shape index (κ3) is 7.98. The van der Waals surface area contributed by atoms with Crippen LogP contribution < -0.4 is 4.40 Å². The van der Waals surface area contributed by atoms with Gasteiger partial charge >= 0.3 is 131 Å². The minimum Gasteiger partial charge on any atom is -0.332 e. The van der Waals surface area contributed by atoms with E-state index in [1.807, 2.05) is 37.4 Å². The van der Waals surface area contributed by atoms with Crippen molar-refractivity contribution in [2.75, 3.05) is 0 Å². The van der Waals surface area contributed by atoms with Crippen LogP contribution in [0.15, 0.2) is 170 Å². The number of fused-ring (bicyclic) bond motifs is 8. The molecule has 0 spiro atoms. The van der Waals surface area contributed by atoms with Crippen LogP contribution in [0.25, 0.3) is 92.2 Å². The van der Waals surface area contributed by atoms with Crippen LogP contribution in [-0.2, 0) is 20.1 Å². The quantitative estimate of drug-likeness (QED) is 0.123. The smallest absolute Gasteiger partial charge is 0.0781 e. The summed E-state index contributed by atoms with van der Waals surface area (Å²) in [6.45, 7) is 1.66. The average molecular weight is 1070 g/mol. The van der Waals surface area contributed by atoms with Gasteiger partial charge in [-0.15, -0.1) is 18.2 Å². The van der Waals surface area contributed by atoms with Gasteiger partial charge < -0.3 is 4.57 Å². The Morgan fingerprint density at radius 3 is 2.14 bits per heavy atom. The topological polar surface area (TPSA) is 30.7 Å². The summed E-state index contributed by atoms with van der Waals surface area (Å²) in [6.07, 6.45) is 1.91. The van der Waals surface area contributed by atoms with Crippen LogP contribution in [0, 0.1) is 19.0 Å². The molecule has 6 heteroatoms. The molecule has 3 nitrogen and oxygen atoms in total. The van der Waals surface area contributed by atoms with Crippen molar-refractivity contribution in [1.82, 2.24) is 14.5 Å². The number of benzene rings is 8. The van der Waals surface area contributed by atoms with Crippen molar-refractivity contribution in [3.8, 4) is 39.5 Å². The van der Waals surface area contributed by atoms with Crippen molar-refractivity contribution in [1.29, 1.82) is 0 Å². The first kappa shape index (κ1) is 37.8.